The number of amides is 1. The van der Waals surface area contributed by atoms with Gasteiger partial charge >= 0.3 is 6.18 Å². The minimum absolute atomic E-state index is 0.227. The number of hydrogen-bond donors (Lipinski definition) is 2. The second-order valence-corrected chi connectivity index (χ2v) is 15.6. The van der Waals surface area contributed by atoms with Crippen LogP contribution >= 0.6 is 0 Å². The molecule has 0 spiro atoms. The number of rotatable bonds is 22. The van der Waals surface area contributed by atoms with Crippen LogP contribution in [0.3, 0.4) is 0 Å². The van der Waals surface area contributed by atoms with Crippen LogP contribution < -0.4 is 15.6 Å². The number of fused-ring (bicyclic) bond motifs is 1. The number of ether oxygens (including phenoxy) is 1. The Morgan fingerprint density at radius 3 is 2.16 bits per heavy atom. The van der Waals surface area contributed by atoms with E-state index in [9.17, 15) is 41.0 Å². The number of aliphatic hydroxyl groups excluding tert-OH is 1. The SMILES string of the molecule is CCCCCCCC/C=C\CCCCCCCCOC1CC(O)CCN1c1ccc2c(=O)c(C(=O)NC(c3c(F)cccc3F)C(F)(F)F)cn(-c3ccc(F)cc3F)c2n1. The number of allylic oxidation sites excluding steroid dienone is 2. The van der Waals surface area contributed by atoms with Crippen molar-refractivity contribution < 1.29 is 45.4 Å². The van der Waals surface area contributed by atoms with Crippen LogP contribution in [0.5, 0.6) is 0 Å². The first kappa shape index (κ1) is 47.3. The monoisotopic (exact) mass is 860 g/mol. The summed E-state index contributed by atoms with van der Waals surface area (Å²) >= 11 is 0. The number of aromatic nitrogens is 2. The molecule has 1 fully saturated rings. The van der Waals surface area contributed by atoms with Crippen LogP contribution in [-0.2, 0) is 4.74 Å². The zero-order chi connectivity index (χ0) is 43.9. The number of carbonyl (C=O) groups is 1. The van der Waals surface area contributed by atoms with Gasteiger partial charge in [0, 0.05) is 31.8 Å². The lowest BCUT2D eigenvalue weighted by Gasteiger charge is -2.38. The van der Waals surface area contributed by atoms with Gasteiger partial charge in [0.2, 0.25) is 5.43 Å². The van der Waals surface area contributed by atoms with Crippen molar-refractivity contribution in [1.29, 1.82) is 0 Å². The summed E-state index contributed by atoms with van der Waals surface area (Å²) in [5.74, 6) is -6.68. The molecule has 3 heterocycles. The molecule has 15 heteroatoms. The molecule has 2 aromatic heterocycles. The predicted octanol–water partition coefficient (Wildman–Crippen LogP) is 11.3. The molecule has 5 rings (SSSR count). The van der Waals surface area contributed by atoms with Gasteiger partial charge in [0.15, 0.2) is 11.7 Å². The Morgan fingerprint density at radius 1 is 0.885 bits per heavy atom. The molecule has 2 aromatic carbocycles. The Hall–Kier alpha value is -4.76. The Morgan fingerprint density at radius 2 is 1.52 bits per heavy atom. The normalized spacial score (nSPS) is 16.4. The Kier molecular flexibility index (Phi) is 17.8. The highest BCUT2D eigenvalue weighted by Gasteiger charge is 2.45. The standard InChI is InChI=1S/C46H55F7N4O4/c1-2-3-4-5-6-7-8-9-10-11-12-13-14-15-16-17-27-61-40-29-32(58)25-26-56(40)39-24-22-33-42(59)34(30-57(44(33)54-39)38-23-21-31(47)28-37(38)50)45(60)55-43(46(51,52)53)41-35(48)19-18-20-36(41)49/h9-10,18-24,28,30,32,40,43,58H,2-8,11-17,25-27,29H2,1H3,(H,55,60)/b10-9-. The molecular weight excluding hydrogens is 806 g/mol. The maximum Gasteiger partial charge on any atom is 0.413 e. The van der Waals surface area contributed by atoms with E-state index in [1.165, 1.54) is 56.0 Å². The number of piperidine rings is 1. The maximum absolute atomic E-state index is 15.4. The van der Waals surface area contributed by atoms with E-state index in [1.54, 1.807) is 4.90 Å². The van der Waals surface area contributed by atoms with E-state index in [1.807, 2.05) is 0 Å². The van der Waals surface area contributed by atoms with Crippen LogP contribution in [0.4, 0.5) is 36.6 Å². The minimum atomic E-state index is -5.40. The van der Waals surface area contributed by atoms with Gasteiger partial charge in [-0.05, 0) is 74.9 Å². The van der Waals surface area contributed by atoms with Gasteiger partial charge in [-0.15, -0.1) is 0 Å². The Labute approximate surface area is 351 Å². The van der Waals surface area contributed by atoms with Crippen molar-refractivity contribution in [2.45, 2.75) is 134 Å². The van der Waals surface area contributed by atoms with Crippen LogP contribution in [0.25, 0.3) is 16.7 Å². The average Bonchev–Trinajstić information content (AvgIpc) is 3.21. The molecular formula is C46H55F7N4O4. The molecule has 0 aliphatic carbocycles. The van der Waals surface area contributed by atoms with Crippen molar-refractivity contribution >= 4 is 22.8 Å². The summed E-state index contributed by atoms with van der Waals surface area (Å²) in [4.78, 5) is 33.7. The van der Waals surface area contributed by atoms with Gasteiger partial charge in [0.1, 0.15) is 40.9 Å². The van der Waals surface area contributed by atoms with Crippen molar-refractivity contribution in [2.75, 3.05) is 18.1 Å². The van der Waals surface area contributed by atoms with Crippen molar-refractivity contribution in [3.8, 4) is 5.69 Å². The number of anilines is 1. The zero-order valence-corrected chi connectivity index (χ0v) is 34.5. The second-order valence-electron chi connectivity index (χ2n) is 15.6. The van der Waals surface area contributed by atoms with Crippen LogP contribution in [0.2, 0.25) is 0 Å². The molecule has 1 saturated heterocycles. The van der Waals surface area contributed by atoms with Gasteiger partial charge < -0.3 is 20.1 Å². The highest BCUT2D eigenvalue weighted by Crippen LogP contribution is 2.36. The van der Waals surface area contributed by atoms with Crippen LogP contribution in [0, 0.1) is 23.3 Å². The number of halogens is 7. The van der Waals surface area contributed by atoms with E-state index >= 15 is 4.39 Å². The lowest BCUT2D eigenvalue weighted by Crippen LogP contribution is -2.46. The lowest BCUT2D eigenvalue weighted by atomic mass is 10.0. The van der Waals surface area contributed by atoms with Gasteiger partial charge in [-0.25, -0.2) is 22.5 Å². The number of nitrogens with one attached hydrogen (secondary N) is 1. The summed E-state index contributed by atoms with van der Waals surface area (Å²) in [5, 5.41) is 11.7. The number of hydrogen-bond acceptors (Lipinski definition) is 6. The number of aliphatic hydroxyl groups is 1. The third-order valence-electron chi connectivity index (χ3n) is 10.9. The molecule has 4 aromatic rings. The van der Waals surface area contributed by atoms with E-state index in [0.29, 0.717) is 37.8 Å². The van der Waals surface area contributed by atoms with Crippen LogP contribution in [-0.4, -0.2) is 52.2 Å². The summed E-state index contributed by atoms with van der Waals surface area (Å²) in [6.07, 6.45) is 15.6. The molecule has 8 nitrogen and oxygen atoms in total. The number of carbonyl (C=O) groups excluding carboxylic acids is 1. The quantitative estimate of drug-likeness (QED) is 0.0464. The first-order valence-electron chi connectivity index (χ1n) is 21.3. The summed E-state index contributed by atoms with van der Waals surface area (Å²) in [7, 11) is 0. The van der Waals surface area contributed by atoms with E-state index in [0.717, 1.165) is 80.3 Å². The van der Waals surface area contributed by atoms with Gasteiger partial charge in [-0.1, -0.05) is 82.9 Å². The molecule has 0 radical (unpaired) electrons. The van der Waals surface area contributed by atoms with Crippen LogP contribution in [0.1, 0.15) is 132 Å². The summed E-state index contributed by atoms with van der Waals surface area (Å²) in [6, 6.07) is 3.96. The number of nitrogens with zero attached hydrogens (tertiary/aromatic N) is 3. The molecule has 0 saturated carbocycles. The van der Waals surface area contributed by atoms with Crippen molar-refractivity contribution in [1.82, 2.24) is 14.9 Å². The smallest absolute Gasteiger partial charge is 0.393 e. The van der Waals surface area contributed by atoms with E-state index < -0.39 is 76.0 Å². The number of unbranched alkanes of at least 4 members (excludes halogenated alkanes) is 12. The third-order valence-corrected chi connectivity index (χ3v) is 10.9. The van der Waals surface area contributed by atoms with Crippen molar-refractivity contribution in [3.63, 3.8) is 0 Å². The van der Waals surface area contributed by atoms with Gasteiger partial charge in [-0.3, -0.25) is 14.2 Å². The summed E-state index contributed by atoms with van der Waals surface area (Å²) < 4.78 is 108. The van der Waals surface area contributed by atoms with Crippen molar-refractivity contribution in [3.05, 3.63) is 111 Å². The Bertz CT molecular complexity index is 2120. The third kappa shape index (κ3) is 13.1. The maximum atomic E-state index is 15.4. The lowest BCUT2D eigenvalue weighted by molar-refractivity contribution is -0.156. The number of benzene rings is 2. The summed E-state index contributed by atoms with van der Waals surface area (Å²) in [5.41, 5.74) is -4.16. The molecule has 1 amide bonds. The Balaban J connectivity index is 1.28. The van der Waals surface area contributed by atoms with Crippen LogP contribution in [0.15, 0.2) is 71.7 Å². The fourth-order valence-electron chi connectivity index (χ4n) is 7.59. The zero-order valence-electron chi connectivity index (χ0n) is 34.5. The summed E-state index contributed by atoms with van der Waals surface area (Å²) in [6.45, 7) is 2.92. The average molecular weight is 861 g/mol. The molecule has 3 atom stereocenters. The van der Waals surface area contributed by atoms with Crippen molar-refractivity contribution in [2.24, 2.45) is 0 Å². The molecule has 1 aliphatic heterocycles. The molecule has 1 aliphatic rings. The minimum Gasteiger partial charge on any atom is -0.393 e. The fraction of sp³-hybridized carbons (Fsp3) is 0.500. The fourth-order valence-corrected chi connectivity index (χ4v) is 7.59. The molecule has 61 heavy (non-hydrogen) atoms. The number of pyridine rings is 2. The van der Waals surface area contributed by atoms with E-state index in [2.05, 4.69) is 24.1 Å². The van der Waals surface area contributed by atoms with Gasteiger partial charge in [0.05, 0.1) is 22.7 Å². The molecule has 2 N–H and O–H groups in total. The highest BCUT2D eigenvalue weighted by molar-refractivity contribution is 5.97. The molecule has 332 valence electrons. The topological polar surface area (TPSA) is 96.7 Å². The largest absolute Gasteiger partial charge is 0.413 e. The van der Waals surface area contributed by atoms with E-state index in [4.69, 9.17) is 4.74 Å². The molecule has 3 unspecified atom stereocenters. The predicted molar refractivity (Wildman–Crippen MR) is 222 cm³/mol. The van der Waals surface area contributed by atoms with Gasteiger partial charge in [-0.2, -0.15) is 13.2 Å². The first-order chi connectivity index (χ1) is 29.3. The first-order valence-corrected chi connectivity index (χ1v) is 21.3. The highest BCUT2D eigenvalue weighted by atomic mass is 19.4. The van der Waals surface area contributed by atoms with E-state index in [-0.39, 0.29) is 23.3 Å². The number of alkyl halides is 3. The molecule has 0 bridgehead atoms. The second kappa shape index (κ2) is 22.9. The van der Waals surface area contributed by atoms with Gasteiger partial charge in [0.25, 0.3) is 5.91 Å².